The van der Waals surface area contributed by atoms with Crippen LogP contribution in [0.15, 0.2) is 48.6 Å². The van der Waals surface area contributed by atoms with Crippen molar-refractivity contribution in [3.8, 4) is 0 Å². The lowest BCUT2D eigenvalue weighted by molar-refractivity contribution is -0.167. The van der Waals surface area contributed by atoms with Crippen molar-refractivity contribution in [1.82, 2.24) is 0 Å². The summed E-state index contributed by atoms with van der Waals surface area (Å²) >= 11 is 0. The van der Waals surface area contributed by atoms with Crippen LogP contribution >= 0.6 is 0 Å². The highest BCUT2D eigenvalue weighted by Crippen LogP contribution is 2.19. The van der Waals surface area contributed by atoms with Crippen molar-refractivity contribution in [2.75, 3.05) is 13.2 Å². The lowest BCUT2D eigenvalue weighted by Gasteiger charge is -2.18. The largest absolute Gasteiger partial charge is 0.462 e. The summed E-state index contributed by atoms with van der Waals surface area (Å²) < 4.78 is 16.9. The summed E-state index contributed by atoms with van der Waals surface area (Å²) in [7, 11) is 0. The molecule has 0 aliphatic heterocycles. The van der Waals surface area contributed by atoms with Crippen LogP contribution in [-0.4, -0.2) is 37.2 Å². The third-order valence-corrected chi connectivity index (χ3v) is 16.6. The minimum Gasteiger partial charge on any atom is -0.462 e. The lowest BCUT2D eigenvalue weighted by Crippen LogP contribution is -2.30. The number of hydrogen-bond acceptors (Lipinski definition) is 6. The standard InChI is InChI=1S/C76H140O6/c1-4-7-10-13-16-19-21-23-25-27-29-31-32-33-34-35-36-37-38-39-40-41-42-43-44-45-47-48-50-52-54-57-60-63-66-69-75(78)81-72-73(71-80-74(77)68-65-62-59-56-18-15-12-9-6-3)82-76(79)70-67-64-61-58-55-53-51-49-46-30-28-26-24-22-20-17-14-11-8-5-2/h7,10,16,19,23,25,29,31,73H,4-6,8-9,11-15,17-18,20-22,24,26-28,30,32-72H2,1-3H3/b10-7-,19-16-,25-23-,31-29-. The van der Waals surface area contributed by atoms with Gasteiger partial charge in [0, 0.05) is 19.3 Å². The first-order valence-electron chi connectivity index (χ1n) is 36.6. The second-order valence-corrected chi connectivity index (χ2v) is 24.8. The quantitative estimate of drug-likeness (QED) is 0.0261. The van der Waals surface area contributed by atoms with Crippen molar-refractivity contribution in [2.24, 2.45) is 0 Å². The van der Waals surface area contributed by atoms with Crippen molar-refractivity contribution < 1.29 is 28.6 Å². The molecule has 0 radical (unpaired) electrons. The van der Waals surface area contributed by atoms with Crippen molar-refractivity contribution in [3.05, 3.63) is 48.6 Å². The van der Waals surface area contributed by atoms with E-state index >= 15 is 0 Å². The molecule has 480 valence electrons. The number of allylic oxidation sites excluding steroid dienone is 8. The Kier molecular flexibility index (Phi) is 68.6. The fourth-order valence-corrected chi connectivity index (χ4v) is 11.1. The molecule has 1 atom stereocenters. The predicted octanol–water partition coefficient (Wildman–Crippen LogP) is 25.3. The summed E-state index contributed by atoms with van der Waals surface area (Å²) in [6.07, 6.45) is 90.3. The third kappa shape index (κ3) is 68.2. The second-order valence-electron chi connectivity index (χ2n) is 24.8. The molecule has 1 unspecified atom stereocenters. The minimum atomic E-state index is -0.766. The van der Waals surface area contributed by atoms with Crippen LogP contribution in [0.25, 0.3) is 0 Å². The van der Waals surface area contributed by atoms with E-state index in [1.54, 1.807) is 0 Å². The molecular formula is C76H140O6. The predicted molar refractivity (Wildman–Crippen MR) is 358 cm³/mol. The van der Waals surface area contributed by atoms with Crippen LogP contribution in [-0.2, 0) is 28.6 Å². The number of esters is 3. The normalized spacial score (nSPS) is 12.3. The zero-order valence-electron chi connectivity index (χ0n) is 55.3. The minimum absolute atomic E-state index is 0.0645. The van der Waals surface area contributed by atoms with Crippen molar-refractivity contribution in [2.45, 2.75) is 406 Å². The zero-order chi connectivity index (χ0) is 59.2. The maximum Gasteiger partial charge on any atom is 0.306 e. The first-order valence-corrected chi connectivity index (χ1v) is 36.6. The fraction of sp³-hybridized carbons (Fsp3) is 0.855. The molecule has 0 aromatic heterocycles. The highest BCUT2D eigenvalue weighted by molar-refractivity contribution is 5.71. The van der Waals surface area contributed by atoms with E-state index in [0.717, 1.165) is 83.5 Å². The van der Waals surface area contributed by atoms with Crippen LogP contribution in [0.2, 0.25) is 0 Å². The molecule has 0 aliphatic rings. The maximum atomic E-state index is 12.9. The molecule has 0 saturated heterocycles. The van der Waals surface area contributed by atoms with Crippen LogP contribution in [0.3, 0.4) is 0 Å². The van der Waals surface area contributed by atoms with Gasteiger partial charge in [0.2, 0.25) is 0 Å². The van der Waals surface area contributed by atoms with Gasteiger partial charge in [-0.05, 0) is 57.8 Å². The number of carbonyl (C=O) groups is 3. The van der Waals surface area contributed by atoms with E-state index < -0.39 is 6.10 Å². The fourth-order valence-electron chi connectivity index (χ4n) is 11.1. The molecule has 0 fully saturated rings. The molecule has 6 heteroatoms. The molecule has 0 rings (SSSR count). The van der Waals surface area contributed by atoms with Gasteiger partial charge in [0.05, 0.1) is 0 Å². The monoisotopic (exact) mass is 1150 g/mol. The van der Waals surface area contributed by atoms with Gasteiger partial charge in [-0.3, -0.25) is 14.4 Å². The van der Waals surface area contributed by atoms with Crippen LogP contribution in [0, 0.1) is 0 Å². The molecule has 6 nitrogen and oxygen atoms in total. The van der Waals surface area contributed by atoms with Gasteiger partial charge in [-0.1, -0.05) is 371 Å². The summed E-state index contributed by atoms with van der Waals surface area (Å²) in [4.78, 5) is 38.3. The molecule has 0 amide bonds. The highest BCUT2D eigenvalue weighted by atomic mass is 16.6. The van der Waals surface area contributed by atoms with Gasteiger partial charge in [0.15, 0.2) is 6.10 Å². The van der Waals surface area contributed by atoms with Crippen LogP contribution in [0.4, 0.5) is 0 Å². The summed E-state index contributed by atoms with van der Waals surface area (Å²) in [5.74, 6) is -0.836. The number of carbonyl (C=O) groups excluding carboxylic acids is 3. The molecule has 0 aromatic carbocycles. The summed E-state index contributed by atoms with van der Waals surface area (Å²) in [6, 6.07) is 0. The molecule has 0 N–H and O–H groups in total. The van der Waals surface area contributed by atoms with Crippen molar-refractivity contribution in [1.29, 1.82) is 0 Å². The van der Waals surface area contributed by atoms with Gasteiger partial charge in [0.25, 0.3) is 0 Å². The van der Waals surface area contributed by atoms with E-state index in [0.29, 0.717) is 19.3 Å². The van der Waals surface area contributed by atoms with E-state index in [2.05, 4.69) is 69.4 Å². The topological polar surface area (TPSA) is 78.9 Å². The van der Waals surface area contributed by atoms with Crippen LogP contribution in [0.1, 0.15) is 400 Å². The summed E-state index contributed by atoms with van der Waals surface area (Å²) in [5.41, 5.74) is 0. The second kappa shape index (κ2) is 70.9. The summed E-state index contributed by atoms with van der Waals surface area (Å²) in [6.45, 7) is 6.58. The average molecular weight is 1150 g/mol. The Balaban J connectivity index is 4.00. The average Bonchev–Trinajstić information content (AvgIpc) is 3.48. The molecule has 0 aliphatic carbocycles. The lowest BCUT2D eigenvalue weighted by atomic mass is 10.0. The van der Waals surface area contributed by atoms with Gasteiger partial charge in [-0.2, -0.15) is 0 Å². The molecule has 82 heavy (non-hydrogen) atoms. The molecule has 0 saturated carbocycles. The Morgan fingerprint density at radius 3 is 0.744 bits per heavy atom. The van der Waals surface area contributed by atoms with E-state index in [-0.39, 0.29) is 31.1 Å². The molecule has 0 bridgehead atoms. The zero-order valence-corrected chi connectivity index (χ0v) is 55.3. The number of rotatable bonds is 68. The maximum absolute atomic E-state index is 12.9. The first-order chi connectivity index (χ1) is 40.5. The van der Waals surface area contributed by atoms with Crippen molar-refractivity contribution in [3.63, 3.8) is 0 Å². The Morgan fingerprint density at radius 1 is 0.256 bits per heavy atom. The Labute approximate surface area is 511 Å². The SMILES string of the molecule is CC/C=C\C/C=C\C/C=C\C/C=C\CCCCCCCCCCCCCCCCCCCCCCCCC(=O)OCC(COC(=O)CCCCCCCCCCC)OC(=O)CCCCCCCCCCCCCCCCCCCCCC. The Morgan fingerprint density at radius 2 is 0.476 bits per heavy atom. The number of hydrogen-bond donors (Lipinski definition) is 0. The Hall–Kier alpha value is -2.63. The molecule has 0 aromatic rings. The van der Waals surface area contributed by atoms with E-state index in [1.165, 1.54) is 276 Å². The molecule has 0 heterocycles. The number of unbranched alkanes of at least 4 members (excludes halogenated alkanes) is 49. The third-order valence-electron chi connectivity index (χ3n) is 16.6. The summed E-state index contributed by atoms with van der Waals surface area (Å²) in [5, 5.41) is 0. The first kappa shape index (κ1) is 79.4. The van der Waals surface area contributed by atoms with E-state index in [1.807, 2.05) is 0 Å². The van der Waals surface area contributed by atoms with Gasteiger partial charge in [-0.25, -0.2) is 0 Å². The molecular weight excluding hydrogens is 1010 g/mol. The van der Waals surface area contributed by atoms with E-state index in [9.17, 15) is 14.4 Å². The van der Waals surface area contributed by atoms with Crippen LogP contribution < -0.4 is 0 Å². The van der Waals surface area contributed by atoms with Crippen LogP contribution in [0.5, 0.6) is 0 Å². The van der Waals surface area contributed by atoms with Gasteiger partial charge in [-0.15, -0.1) is 0 Å². The van der Waals surface area contributed by atoms with Gasteiger partial charge < -0.3 is 14.2 Å². The Bertz CT molecular complexity index is 1410. The number of ether oxygens (including phenoxy) is 3. The highest BCUT2D eigenvalue weighted by Gasteiger charge is 2.19. The van der Waals surface area contributed by atoms with Gasteiger partial charge in [0.1, 0.15) is 13.2 Å². The van der Waals surface area contributed by atoms with Gasteiger partial charge >= 0.3 is 17.9 Å². The smallest absolute Gasteiger partial charge is 0.306 e. The van der Waals surface area contributed by atoms with E-state index in [4.69, 9.17) is 14.2 Å². The molecule has 0 spiro atoms. The van der Waals surface area contributed by atoms with Crippen molar-refractivity contribution >= 4 is 17.9 Å².